The summed E-state index contributed by atoms with van der Waals surface area (Å²) in [4.78, 5) is 31.1. The molecule has 0 saturated carbocycles. The average molecular weight is 286 g/mol. The van der Waals surface area contributed by atoms with Gasteiger partial charge in [-0.1, -0.05) is 0 Å². The molecule has 3 heterocycles. The average Bonchev–Trinajstić information content (AvgIpc) is 2.47. The summed E-state index contributed by atoms with van der Waals surface area (Å²) in [7, 11) is 0. The van der Waals surface area contributed by atoms with E-state index in [4.69, 9.17) is 0 Å². The van der Waals surface area contributed by atoms with Crippen LogP contribution in [0.3, 0.4) is 0 Å². The molecule has 3 rings (SSSR count). The van der Waals surface area contributed by atoms with Crippen molar-refractivity contribution in [1.29, 1.82) is 0 Å². The molecule has 6 nitrogen and oxygen atoms in total. The van der Waals surface area contributed by atoms with Gasteiger partial charge in [0.15, 0.2) is 0 Å². The molecule has 110 valence electrons. The zero-order valence-corrected chi connectivity index (χ0v) is 12.2. The monoisotopic (exact) mass is 286 g/mol. The molecule has 0 radical (unpaired) electrons. The third-order valence-electron chi connectivity index (χ3n) is 3.86. The van der Waals surface area contributed by atoms with Crippen molar-refractivity contribution in [2.45, 2.75) is 19.9 Å². The van der Waals surface area contributed by atoms with E-state index in [1.807, 2.05) is 26.0 Å². The van der Waals surface area contributed by atoms with E-state index < -0.39 is 0 Å². The minimum absolute atomic E-state index is 0.0735. The second-order valence-electron chi connectivity index (χ2n) is 5.46. The predicted octanol–water partition coefficient (Wildman–Crippen LogP) is 0.437. The first-order chi connectivity index (χ1) is 10.1. The maximum Gasteiger partial charge on any atom is 0.270 e. The molecule has 0 spiro atoms. The summed E-state index contributed by atoms with van der Waals surface area (Å²) in [6.45, 7) is 6.01. The van der Waals surface area contributed by atoms with Gasteiger partial charge < -0.3 is 10.2 Å². The van der Waals surface area contributed by atoms with Crippen LogP contribution in [0.5, 0.6) is 0 Å². The first-order valence-corrected chi connectivity index (χ1v) is 7.07. The highest BCUT2D eigenvalue weighted by Crippen LogP contribution is 2.08. The molecule has 2 aromatic rings. The third-order valence-corrected chi connectivity index (χ3v) is 3.86. The van der Waals surface area contributed by atoms with Gasteiger partial charge in [0.2, 0.25) is 0 Å². The highest BCUT2D eigenvalue weighted by molar-refractivity contribution is 5.94. The van der Waals surface area contributed by atoms with Gasteiger partial charge in [0, 0.05) is 38.1 Å². The first-order valence-electron chi connectivity index (χ1n) is 7.07. The molecule has 1 aliphatic rings. The molecular weight excluding hydrogens is 268 g/mol. The fraction of sp³-hybridized carbons (Fsp3) is 0.400. The Morgan fingerprint density at radius 1 is 1.48 bits per heavy atom. The van der Waals surface area contributed by atoms with Crippen LogP contribution in [0.1, 0.15) is 22.8 Å². The number of fused-ring (bicyclic) bond motifs is 1. The quantitative estimate of drug-likeness (QED) is 0.826. The lowest BCUT2D eigenvalue weighted by atomic mass is 10.1. The second-order valence-corrected chi connectivity index (χ2v) is 5.46. The normalized spacial score (nSPS) is 19.0. The van der Waals surface area contributed by atoms with Gasteiger partial charge in [-0.3, -0.25) is 14.0 Å². The van der Waals surface area contributed by atoms with E-state index in [0.29, 0.717) is 12.2 Å². The smallest absolute Gasteiger partial charge is 0.270 e. The summed E-state index contributed by atoms with van der Waals surface area (Å²) in [6, 6.07) is 3.73. The van der Waals surface area contributed by atoms with E-state index in [2.05, 4.69) is 10.3 Å². The molecule has 2 aromatic heterocycles. The molecule has 1 saturated heterocycles. The van der Waals surface area contributed by atoms with Gasteiger partial charge >= 0.3 is 0 Å². The number of aryl methyl sites for hydroxylation is 1. The van der Waals surface area contributed by atoms with Crippen LogP contribution in [0, 0.1) is 6.92 Å². The summed E-state index contributed by atoms with van der Waals surface area (Å²) >= 11 is 0. The van der Waals surface area contributed by atoms with Crippen LogP contribution in [0.2, 0.25) is 0 Å². The van der Waals surface area contributed by atoms with E-state index in [1.165, 1.54) is 10.6 Å². The topological polar surface area (TPSA) is 66.7 Å². The molecule has 0 aromatic carbocycles. The lowest BCUT2D eigenvalue weighted by molar-refractivity contribution is 0.0653. The van der Waals surface area contributed by atoms with Crippen molar-refractivity contribution in [3.63, 3.8) is 0 Å². The number of carbonyl (C=O) groups is 1. The molecule has 6 heteroatoms. The van der Waals surface area contributed by atoms with Gasteiger partial charge in [-0.05, 0) is 31.5 Å². The number of nitrogens with one attached hydrogen (secondary N) is 1. The number of amides is 1. The summed E-state index contributed by atoms with van der Waals surface area (Å²) in [6.07, 6.45) is 3.06. The summed E-state index contributed by atoms with van der Waals surface area (Å²) in [5.41, 5.74) is 1.41. The fourth-order valence-electron chi connectivity index (χ4n) is 2.62. The summed E-state index contributed by atoms with van der Waals surface area (Å²) in [5, 5.41) is 3.23. The Hall–Kier alpha value is -2.21. The van der Waals surface area contributed by atoms with Gasteiger partial charge in [-0.2, -0.15) is 0 Å². The number of carbonyl (C=O) groups excluding carboxylic acids is 1. The summed E-state index contributed by atoms with van der Waals surface area (Å²) in [5.74, 6) is -0.239. The minimum Gasteiger partial charge on any atom is -0.333 e. The van der Waals surface area contributed by atoms with E-state index in [9.17, 15) is 9.59 Å². The Morgan fingerprint density at radius 2 is 2.29 bits per heavy atom. The van der Waals surface area contributed by atoms with Gasteiger partial charge in [0.1, 0.15) is 11.2 Å². The van der Waals surface area contributed by atoms with Gasteiger partial charge in [0.05, 0.1) is 0 Å². The SMILES string of the molecule is Cc1ccn2c(=O)c(C(=O)N3CCNC[C@H]3C)cnc2c1. The van der Waals surface area contributed by atoms with Crippen LogP contribution in [-0.2, 0) is 0 Å². The van der Waals surface area contributed by atoms with E-state index in [-0.39, 0.29) is 23.1 Å². The number of pyridine rings is 1. The predicted molar refractivity (Wildman–Crippen MR) is 79.6 cm³/mol. The van der Waals surface area contributed by atoms with Crippen molar-refractivity contribution in [1.82, 2.24) is 19.6 Å². The fourth-order valence-corrected chi connectivity index (χ4v) is 2.62. The maximum atomic E-state index is 12.6. The molecule has 0 bridgehead atoms. The maximum absolute atomic E-state index is 12.6. The zero-order valence-electron chi connectivity index (χ0n) is 12.2. The van der Waals surface area contributed by atoms with Crippen molar-refractivity contribution in [3.05, 3.63) is 46.0 Å². The highest BCUT2D eigenvalue weighted by Gasteiger charge is 2.26. The number of rotatable bonds is 1. The molecule has 0 aliphatic carbocycles. The van der Waals surface area contributed by atoms with Crippen LogP contribution in [-0.4, -0.2) is 45.9 Å². The molecule has 1 atom stereocenters. The van der Waals surface area contributed by atoms with Crippen LogP contribution < -0.4 is 10.9 Å². The first kappa shape index (κ1) is 13.8. The number of hydrogen-bond donors (Lipinski definition) is 1. The highest BCUT2D eigenvalue weighted by atomic mass is 16.2. The van der Waals surface area contributed by atoms with Crippen molar-refractivity contribution >= 4 is 11.6 Å². The van der Waals surface area contributed by atoms with Gasteiger partial charge in [-0.15, -0.1) is 0 Å². The zero-order chi connectivity index (χ0) is 15.0. The van der Waals surface area contributed by atoms with E-state index in [1.54, 1.807) is 11.1 Å². The van der Waals surface area contributed by atoms with E-state index in [0.717, 1.165) is 18.7 Å². The lowest BCUT2D eigenvalue weighted by Gasteiger charge is -2.33. The molecule has 1 aliphatic heterocycles. The molecular formula is C15H18N4O2. The number of nitrogens with zero attached hydrogens (tertiary/aromatic N) is 3. The standard InChI is InChI=1S/C15H18N4O2/c1-10-3-5-19-13(7-10)17-9-12(15(19)21)14(20)18-6-4-16-8-11(18)2/h3,5,7,9,11,16H,4,6,8H2,1-2H3/t11-/m1/s1. The number of aromatic nitrogens is 2. The Balaban J connectivity index is 2.04. The third kappa shape index (κ3) is 2.42. The number of piperazine rings is 1. The molecule has 1 N–H and O–H groups in total. The van der Waals surface area contributed by atoms with Crippen LogP contribution in [0.15, 0.2) is 29.3 Å². The molecule has 1 amide bonds. The Morgan fingerprint density at radius 3 is 3.05 bits per heavy atom. The van der Waals surface area contributed by atoms with Gasteiger partial charge in [0.25, 0.3) is 11.5 Å². The molecule has 21 heavy (non-hydrogen) atoms. The molecule has 1 fully saturated rings. The molecule has 0 unspecified atom stereocenters. The van der Waals surface area contributed by atoms with Crippen molar-refractivity contribution in [2.24, 2.45) is 0 Å². The van der Waals surface area contributed by atoms with Crippen molar-refractivity contribution in [3.8, 4) is 0 Å². The van der Waals surface area contributed by atoms with Crippen molar-refractivity contribution in [2.75, 3.05) is 19.6 Å². The summed E-state index contributed by atoms with van der Waals surface area (Å²) < 4.78 is 1.42. The second kappa shape index (κ2) is 5.29. The lowest BCUT2D eigenvalue weighted by Crippen LogP contribution is -2.53. The Bertz CT molecular complexity index is 753. The van der Waals surface area contributed by atoms with Crippen LogP contribution >= 0.6 is 0 Å². The largest absolute Gasteiger partial charge is 0.333 e. The van der Waals surface area contributed by atoms with Crippen LogP contribution in [0.4, 0.5) is 0 Å². The van der Waals surface area contributed by atoms with Crippen molar-refractivity contribution < 1.29 is 4.79 Å². The Kier molecular flexibility index (Phi) is 3.47. The number of hydrogen-bond acceptors (Lipinski definition) is 4. The minimum atomic E-state index is -0.310. The Labute approximate surface area is 122 Å². The van der Waals surface area contributed by atoms with E-state index >= 15 is 0 Å². The van der Waals surface area contributed by atoms with Crippen LogP contribution in [0.25, 0.3) is 5.65 Å². The van der Waals surface area contributed by atoms with Gasteiger partial charge in [-0.25, -0.2) is 4.98 Å².